The van der Waals surface area contributed by atoms with Gasteiger partial charge in [0.1, 0.15) is 10.1 Å². The number of hydrogen-bond donors (Lipinski definition) is 1. The second-order valence-corrected chi connectivity index (χ2v) is 10.1. The molecule has 0 fully saturated rings. The Labute approximate surface area is 192 Å². The number of quaternary nitrogens is 1. The molecule has 0 bridgehead atoms. The van der Waals surface area contributed by atoms with Crippen LogP contribution in [-0.2, 0) is 10.1 Å². The summed E-state index contributed by atoms with van der Waals surface area (Å²) in [7, 11) is -4.27. The lowest BCUT2D eigenvalue weighted by molar-refractivity contribution is -0.945. The van der Waals surface area contributed by atoms with Gasteiger partial charge < -0.3 is 14.1 Å². The predicted molar refractivity (Wildman–Crippen MR) is 129 cm³/mol. The summed E-state index contributed by atoms with van der Waals surface area (Å²) in [5, 5.41) is 9.96. The maximum Gasteiger partial charge on any atom is 0.180 e. The summed E-state index contributed by atoms with van der Waals surface area (Å²) in [5.41, 5.74) is 0.928. The second kappa shape index (κ2) is 17.6. The average Bonchev–Trinajstić information content (AvgIpc) is 2.74. The van der Waals surface area contributed by atoms with Crippen LogP contribution in [0, 0.1) is 6.92 Å². The second-order valence-electron chi connectivity index (χ2n) is 8.75. The van der Waals surface area contributed by atoms with Crippen LogP contribution in [0.15, 0.2) is 29.2 Å². The Hall–Kier alpha value is -0.950. The minimum absolute atomic E-state index is 0.178. The van der Waals surface area contributed by atoms with Gasteiger partial charge in [-0.3, -0.25) is 0 Å². The number of unbranched alkanes of at least 4 members (excludes halogenated alkanes) is 8. The lowest BCUT2D eigenvalue weighted by atomic mass is 10.1. The largest absolute Gasteiger partial charge is 0.744 e. The minimum atomic E-state index is -4.27. The number of aliphatic hydroxyl groups excluding tert-OH is 1. The molecule has 0 saturated heterocycles. The zero-order valence-corrected chi connectivity index (χ0v) is 21.3. The lowest BCUT2D eigenvalue weighted by Crippen LogP contribution is -2.50. The van der Waals surface area contributed by atoms with Crippen molar-refractivity contribution >= 4 is 10.1 Å². The van der Waals surface area contributed by atoms with Crippen LogP contribution in [0.25, 0.3) is 0 Å². The fraction of sp³-hybridized carbons (Fsp3) is 0.760. The fourth-order valence-electron chi connectivity index (χ4n) is 3.70. The van der Waals surface area contributed by atoms with E-state index in [1.807, 2.05) is 6.92 Å². The van der Waals surface area contributed by atoms with E-state index in [-0.39, 0.29) is 4.90 Å². The van der Waals surface area contributed by atoms with E-state index in [9.17, 15) is 18.1 Å². The molecule has 0 spiro atoms. The van der Waals surface area contributed by atoms with Gasteiger partial charge in [-0.2, -0.15) is 0 Å². The monoisotopic (exact) mass is 457 g/mol. The highest BCUT2D eigenvalue weighted by atomic mass is 32.2. The molecule has 182 valence electrons. The number of aryl methyl sites for hydroxylation is 1. The lowest BCUT2D eigenvalue weighted by Gasteiger charge is -2.37. The SMILES string of the molecule is CCCCCC[N+](CO)(CCCCC)CCCCCC.Cc1ccc(S(=O)(=O)[O-])cc1. The summed E-state index contributed by atoms with van der Waals surface area (Å²) in [6.07, 6.45) is 14.4. The third-order valence-electron chi connectivity index (χ3n) is 5.82. The molecule has 6 heteroatoms. The Bertz CT molecular complexity index is 632. The highest BCUT2D eigenvalue weighted by Crippen LogP contribution is 2.16. The van der Waals surface area contributed by atoms with Crippen LogP contribution in [0.4, 0.5) is 0 Å². The molecule has 0 unspecified atom stereocenters. The standard InChI is InChI=1S/C18H40NO.C7H8O3S/c1-4-7-10-13-16-19(18-20,15-12-9-6-3)17-14-11-8-5-2;1-6-2-4-7(5-3-6)11(8,9)10/h20H,4-18H2,1-3H3;2-5H,1H3,(H,8,9,10)/q+1;/p-1. The summed E-state index contributed by atoms with van der Waals surface area (Å²) < 4.78 is 32.1. The predicted octanol–water partition coefficient (Wildman–Crippen LogP) is 6.00. The zero-order valence-electron chi connectivity index (χ0n) is 20.4. The Kier molecular flexibility index (Phi) is 17.0. The first-order chi connectivity index (χ1) is 14.7. The van der Waals surface area contributed by atoms with Crippen LogP contribution in [0.3, 0.4) is 0 Å². The first-order valence-electron chi connectivity index (χ1n) is 12.2. The van der Waals surface area contributed by atoms with Gasteiger partial charge in [0, 0.05) is 0 Å². The Morgan fingerprint density at radius 2 is 1.13 bits per heavy atom. The van der Waals surface area contributed by atoms with E-state index in [1.165, 1.54) is 102 Å². The van der Waals surface area contributed by atoms with Gasteiger partial charge in [0.05, 0.1) is 24.5 Å². The van der Waals surface area contributed by atoms with Gasteiger partial charge in [-0.1, -0.05) is 70.6 Å². The highest BCUT2D eigenvalue weighted by Gasteiger charge is 2.24. The van der Waals surface area contributed by atoms with Gasteiger partial charge in [0.25, 0.3) is 0 Å². The smallest absolute Gasteiger partial charge is 0.180 e. The van der Waals surface area contributed by atoms with Crippen LogP contribution in [-0.4, -0.2) is 48.9 Å². The van der Waals surface area contributed by atoms with Gasteiger partial charge >= 0.3 is 0 Å². The van der Waals surface area contributed by atoms with E-state index < -0.39 is 10.1 Å². The molecule has 31 heavy (non-hydrogen) atoms. The van der Waals surface area contributed by atoms with Crippen LogP contribution in [0.2, 0.25) is 0 Å². The van der Waals surface area contributed by atoms with E-state index in [0.29, 0.717) is 6.73 Å². The van der Waals surface area contributed by atoms with Crippen molar-refractivity contribution in [3.8, 4) is 0 Å². The zero-order chi connectivity index (χ0) is 23.6. The number of benzene rings is 1. The molecule has 0 aliphatic heterocycles. The molecular weight excluding hydrogens is 410 g/mol. The Morgan fingerprint density at radius 3 is 1.48 bits per heavy atom. The van der Waals surface area contributed by atoms with Gasteiger partial charge in [0.2, 0.25) is 0 Å². The van der Waals surface area contributed by atoms with Crippen molar-refractivity contribution in [3.63, 3.8) is 0 Å². The molecule has 0 atom stereocenters. The number of nitrogens with zero attached hydrogens (tertiary/aromatic N) is 1. The van der Waals surface area contributed by atoms with Crippen molar-refractivity contribution in [2.24, 2.45) is 0 Å². The van der Waals surface area contributed by atoms with Gasteiger partial charge in [-0.05, 0) is 57.6 Å². The van der Waals surface area contributed by atoms with Crippen LogP contribution < -0.4 is 0 Å². The van der Waals surface area contributed by atoms with Crippen LogP contribution in [0.1, 0.15) is 97.0 Å². The average molecular weight is 458 g/mol. The molecule has 0 aliphatic carbocycles. The molecule has 0 heterocycles. The normalized spacial score (nSPS) is 11.8. The van der Waals surface area contributed by atoms with Crippen molar-refractivity contribution in [1.29, 1.82) is 0 Å². The van der Waals surface area contributed by atoms with Gasteiger partial charge in [0.15, 0.2) is 6.73 Å². The van der Waals surface area contributed by atoms with Crippen molar-refractivity contribution in [2.75, 3.05) is 26.4 Å². The maximum absolute atomic E-state index is 10.4. The van der Waals surface area contributed by atoms with E-state index in [2.05, 4.69) is 20.8 Å². The number of hydrogen-bond acceptors (Lipinski definition) is 4. The van der Waals surface area contributed by atoms with E-state index >= 15 is 0 Å². The van der Waals surface area contributed by atoms with Crippen molar-refractivity contribution in [3.05, 3.63) is 29.8 Å². The molecule has 0 saturated carbocycles. The quantitative estimate of drug-likeness (QED) is 0.143. The van der Waals surface area contributed by atoms with Gasteiger partial charge in [-0.15, -0.1) is 0 Å². The molecular formula is C25H47NO4S. The highest BCUT2D eigenvalue weighted by molar-refractivity contribution is 7.85. The summed E-state index contributed by atoms with van der Waals surface area (Å²) in [6.45, 7) is 12.5. The third-order valence-corrected chi connectivity index (χ3v) is 6.67. The molecule has 1 N–H and O–H groups in total. The first-order valence-corrected chi connectivity index (χ1v) is 13.6. The van der Waals surface area contributed by atoms with Crippen molar-refractivity contribution in [1.82, 2.24) is 0 Å². The topological polar surface area (TPSA) is 77.4 Å². The summed E-state index contributed by atoms with van der Waals surface area (Å²) in [6, 6.07) is 5.78. The van der Waals surface area contributed by atoms with Crippen molar-refractivity contribution in [2.45, 2.75) is 103 Å². The number of aliphatic hydroxyl groups is 1. The third kappa shape index (κ3) is 14.7. The molecule has 0 amide bonds. The molecule has 1 aromatic rings. The van der Waals surface area contributed by atoms with E-state index in [4.69, 9.17) is 0 Å². The van der Waals surface area contributed by atoms with E-state index in [1.54, 1.807) is 12.1 Å². The van der Waals surface area contributed by atoms with E-state index in [0.717, 1.165) is 10.0 Å². The van der Waals surface area contributed by atoms with Gasteiger partial charge in [-0.25, -0.2) is 8.42 Å². The van der Waals surface area contributed by atoms with Crippen molar-refractivity contribution < 1.29 is 22.6 Å². The molecule has 0 radical (unpaired) electrons. The number of rotatable bonds is 16. The molecule has 5 nitrogen and oxygen atoms in total. The summed E-state index contributed by atoms with van der Waals surface area (Å²) in [5.74, 6) is 0. The summed E-state index contributed by atoms with van der Waals surface area (Å²) >= 11 is 0. The summed E-state index contributed by atoms with van der Waals surface area (Å²) in [4.78, 5) is -0.178. The molecule has 1 aromatic carbocycles. The minimum Gasteiger partial charge on any atom is -0.744 e. The Balaban J connectivity index is 0.000000683. The van der Waals surface area contributed by atoms with Crippen LogP contribution >= 0.6 is 0 Å². The Morgan fingerprint density at radius 1 is 0.742 bits per heavy atom. The molecule has 1 rings (SSSR count). The molecule has 0 aromatic heterocycles. The van der Waals surface area contributed by atoms with Crippen LogP contribution in [0.5, 0.6) is 0 Å². The first kappa shape index (κ1) is 30.0. The fourth-order valence-corrected chi connectivity index (χ4v) is 4.17. The maximum atomic E-state index is 10.4. The molecule has 0 aliphatic rings.